The van der Waals surface area contributed by atoms with Crippen molar-refractivity contribution in [3.05, 3.63) is 11.6 Å². The molecule has 0 spiro atoms. The zero-order valence-corrected chi connectivity index (χ0v) is 19.2. The van der Waals surface area contributed by atoms with Crippen LogP contribution >= 0.6 is 0 Å². The van der Waals surface area contributed by atoms with E-state index in [4.69, 9.17) is 9.84 Å². The Labute approximate surface area is 180 Å². The molecule has 3 saturated carbocycles. The first kappa shape index (κ1) is 23.3. The van der Waals surface area contributed by atoms with Gasteiger partial charge in [0.25, 0.3) is 0 Å². The molecule has 0 aromatic rings. The second-order valence-corrected chi connectivity index (χ2v) is 10.3. The van der Waals surface area contributed by atoms with Crippen LogP contribution < -0.4 is 0 Å². The fraction of sp³-hybridized carbons (Fsp3) is 0.833. The maximum Gasteiger partial charge on any atom is 0.311 e. The highest BCUT2D eigenvalue weighted by molar-refractivity contribution is 5.88. The molecule has 3 aliphatic rings. The van der Waals surface area contributed by atoms with Gasteiger partial charge in [0, 0.05) is 19.7 Å². The number of ether oxygens (including phenoxy) is 1. The maximum atomic E-state index is 12.7. The van der Waals surface area contributed by atoms with Crippen molar-refractivity contribution in [2.24, 2.45) is 34.5 Å². The minimum Gasteiger partial charge on any atom is -0.469 e. The minimum atomic E-state index is -0.546. The summed E-state index contributed by atoms with van der Waals surface area (Å²) in [5, 5.41) is 20.3. The van der Waals surface area contributed by atoms with Crippen LogP contribution in [0.3, 0.4) is 0 Å². The molecular weight excluding hydrogens is 382 g/mol. The largest absolute Gasteiger partial charge is 0.469 e. The Morgan fingerprint density at radius 3 is 2.63 bits per heavy atom. The Kier molecular flexibility index (Phi) is 6.68. The number of amides is 1. The number of hydrogen-bond donors (Lipinski definition) is 2. The van der Waals surface area contributed by atoms with Crippen LogP contribution in [-0.2, 0) is 14.3 Å². The number of nitrogens with zero attached hydrogens (tertiary/aromatic N) is 1. The van der Waals surface area contributed by atoms with Gasteiger partial charge in [-0.1, -0.05) is 25.8 Å². The van der Waals surface area contributed by atoms with Crippen molar-refractivity contribution in [1.29, 1.82) is 0 Å². The molecule has 0 heterocycles. The predicted molar refractivity (Wildman–Crippen MR) is 114 cm³/mol. The smallest absolute Gasteiger partial charge is 0.311 e. The maximum absolute atomic E-state index is 12.7. The number of carbonyl (C=O) groups is 2. The van der Waals surface area contributed by atoms with Gasteiger partial charge in [0.1, 0.15) is 0 Å². The molecular formula is C24H39NO5. The topological polar surface area (TPSA) is 87.1 Å². The number of methoxy groups -OCH3 is 1. The minimum absolute atomic E-state index is 0.0113. The molecule has 0 aliphatic heterocycles. The van der Waals surface area contributed by atoms with Crippen molar-refractivity contribution in [3.63, 3.8) is 0 Å². The van der Waals surface area contributed by atoms with Crippen molar-refractivity contribution >= 4 is 11.9 Å². The van der Waals surface area contributed by atoms with Gasteiger partial charge in [-0.15, -0.1) is 0 Å². The SMILES string of the molecule is COC(=O)[C@@]1(C)CCC[C@@]2(C)[C@H]1C[C@H](O)[C@H]1[C@@H](C)C(=CC(=O)N(C)CCO)CC[C@@H]12. The second-order valence-electron chi connectivity index (χ2n) is 10.3. The standard InChI is InChI=1S/C24H39NO5/c1-15-16(13-20(28)25(4)11-12-26)7-8-17-21(15)18(27)14-19-23(17,2)9-6-10-24(19,3)22(29)30-5/h13,15,17-19,21,26-27H,6-12,14H2,1-5H3/t15-,17-,18-,19+,21-,23+,24-/m0/s1. The highest BCUT2D eigenvalue weighted by atomic mass is 16.5. The number of likely N-dealkylation sites (N-methyl/N-ethyl adjacent to an activating group) is 1. The normalized spacial score (nSPS) is 42.2. The van der Waals surface area contributed by atoms with Gasteiger partial charge in [0.15, 0.2) is 0 Å². The first-order valence-electron chi connectivity index (χ1n) is 11.4. The van der Waals surface area contributed by atoms with Crippen LogP contribution in [0, 0.1) is 34.5 Å². The van der Waals surface area contributed by atoms with E-state index in [9.17, 15) is 14.7 Å². The van der Waals surface area contributed by atoms with Crippen molar-refractivity contribution in [2.75, 3.05) is 27.3 Å². The third kappa shape index (κ3) is 3.70. The van der Waals surface area contributed by atoms with E-state index in [0.717, 1.165) is 37.7 Å². The second kappa shape index (κ2) is 8.62. The molecule has 6 nitrogen and oxygen atoms in total. The molecule has 0 bridgehead atoms. The van der Waals surface area contributed by atoms with Gasteiger partial charge in [-0.2, -0.15) is 0 Å². The fourth-order valence-corrected chi connectivity index (χ4v) is 7.20. The molecule has 30 heavy (non-hydrogen) atoms. The van der Waals surface area contributed by atoms with Gasteiger partial charge in [-0.3, -0.25) is 9.59 Å². The van der Waals surface area contributed by atoms with E-state index < -0.39 is 11.5 Å². The van der Waals surface area contributed by atoms with E-state index in [2.05, 4.69) is 13.8 Å². The lowest BCUT2D eigenvalue weighted by molar-refractivity contribution is -0.189. The Balaban J connectivity index is 1.88. The highest BCUT2D eigenvalue weighted by Gasteiger charge is 2.62. The molecule has 3 rings (SSSR count). The number of fused-ring (bicyclic) bond motifs is 3. The van der Waals surface area contributed by atoms with E-state index >= 15 is 0 Å². The molecule has 7 atom stereocenters. The molecule has 3 aliphatic carbocycles. The Morgan fingerprint density at radius 1 is 1.30 bits per heavy atom. The van der Waals surface area contributed by atoms with Crippen molar-refractivity contribution in [2.45, 2.75) is 65.4 Å². The van der Waals surface area contributed by atoms with Gasteiger partial charge in [0.05, 0.1) is 25.2 Å². The van der Waals surface area contributed by atoms with Crippen LogP contribution in [0.5, 0.6) is 0 Å². The number of hydrogen-bond acceptors (Lipinski definition) is 5. The molecule has 2 N–H and O–H groups in total. The fourth-order valence-electron chi connectivity index (χ4n) is 7.20. The van der Waals surface area contributed by atoms with Crippen LogP contribution in [-0.4, -0.2) is 60.4 Å². The zero-order chi connectivity index (χ0) is 22.3. The number of aliphatic hydroxyl groups is 2. The Hall–Kier alpha value is -1.40. The number of esters is 1. The van der Waals surface area contributed by atoms with Gasteiger partial charge in [-0.25, -0.2) is 0 Å². The van der Waals surface area contributed by atoms with Crippen LogP contribution in [0.4, 0.5) is 0 Å². The summed E-state index contributed by atoms with van der Waals surface area (Å²) in [4.78, 5) is 26.8. The lowest BCUT2D eigenvalue weighted by Gasteiger charge is -2.62. The monoisotopic (exact) mass is 421 g/mol. The van der Waals surface area contributed by atoms with E-state index in [-0.39, 0.29) is 41.7 Å². The first-order valence-corrected chi connectivity index (χ1v) is 11.4. The van der Waals surface area contributed by atoms with Crippen molar-refractivity contribution < 1.29 is 24.5 Å². The predicted octanol–water partition coefficient (Wildman–Crippen LogP) is 2.78. The van der Waals surface area contributed by atoms with Crippen LogP contribution in [0.2, 0.25) is 0 Å². The van der Waals surface area contributed by atoms with Gasteiger partial charge in [-0.05, 0) is 68.1 Å². The Morgan fingerprint density at radius 2 is 2.00 bits per heavy atom. The highest BCUT2D eigenvalue weighted by Crippen LogP contribution is 2.65. The van der Waals surface area contributed by atoms with Crippen molar-refractivity contribution in [1.82, 2.24) is 4.90 Å². The Bertz CT molecular complexity index is 706. The summed E-state index contributed by atoms with van der Waals surface area (Å²) in [6.45, 7) is 6.75. The molecule has 3 fully saturated rings. The summed E-state index contributed by atoms with van der Waals surface area (Å²) >= 11 is 0. The summed E-state index contributed by atoms with van der Waals surface area (Å²) in [7, 11) is 3.16. The third-order valence-corrected chi connectivity index (χ3v) is 8.89. The molecule has 6 heteroatoms. The van der Waals surface area contributed by atoms with E-state index in [0.29, 0.717) is 18.9 Å². The molecule has 1 amide bonds. The molecule has 0 radical (unpaired) electrons. The van der Waals surface area contributed by atoms with Crippen LogP contribution in [0.1, 0.15) is 59.3 Å². The van der Waals surface area contributed by atoms with Gasteiger partial charge < -0.3 is 19.8 Å². The van der Waals surface area contributed by atoms with Gasteiger partial charge >= 0.3 is 5.97 Å². The summed E-state index contributed by atoms with van der Waals surface area (Å²) in [6, 6.07) is 0. The van der Waals surface area contributed by atoms with Crippen LogP contribution in [0.25, 0.3) is 0 Å². The van der Waals surface area contributed by atoms with Crippen LogP contribution in [0.15, 0.2) is 11.6 Å². The average Bonchev–Trinajstić information content (AvgIpc) is 2.70. The van der Waals surface area contributed by atoms with Gasteiger partial charge in [0.2, 0.25) is 5.91 Å². The summed E-state index contributed by atoms with van der Waals surface area (Å²) in [5.74, 6) is 0.419. The lowest BCUT2D eigenvalue weighted by Crippen LogP contribution is -2.60. The first-order chi connectivity index (χ1) is 14.1. The number of carbonyl (C=O) groups excluding carboxylic acids is 2. The summed E-state index contributed by atoms with van der Waals surface area (Å²) in [6.07, 6.45) is 6.50. The third-order valence-electron chi connectivity index (χ3n) is 8.89. The number of aliphatic hydroxyl groups excluding tert-OH is 2. The van der Waals surface area contributed by atoms with E-state index in [1.807, 2.05) is 6.92 Å². The average molecular weight is 422 g/mol. The summed E-state index contributed by atoms with van der Waals surface area (Å²) < 4.78 is 5.19. The van der Waals surface area contributed by atoms with Crippen molar-refractivity contribution in [3.8, 4) is 0 Å². The van der Waals surface area contributed by atoms with E-state index in [1.54, 1.807) is 13.1 Å². The number of rotatable bonds is 4. The quantitative estimate of drug-likeness (QED) is 0.538. The summed E-state index contributed by atoms with van der Waals surface area (Å²) in [5.41, 5.74) is 0.539. The molecule has 0 aromatic heterocycles. The zero-order valence-electron chi connectivity index (χ0n) is 19.2. The number of allylic oxidation sites excluding steroid dienone is 1. The van der Waals surface area contributed by atoms with E-state index in [1.165, 1.54) is 12.0 Å². The molecule has 0 saturated heterocycles. The lowest BCUT2D eigenvalue weighted by atomic mass is 9.42. The molecule has 0 unspecified atom stereocenters. The molecule has 170 valence electrons. The molecule has 0 aromatic carbocycles.